The lowest BCUT2D eigenvalue weighted by Gasteiger charge is -2.23. The molecule has 0 bridgehead atoms. The van der Waals surface area contributed by atoms with Crippen LogP contribution in [0.4, 0.5) is 13.2 Å². The summed E-state index contributed by atoms with van der Waals surface area (Å²) >= 11 is 0. The van der Waals surface area contributed by atoms with Gasteiger partial charge < -0.3 is 15.4 Å². The quantitative estimate of drug-likeness (QED) is 0.802. The molecule has 7 heteroatoms. The molecular formula is C12H13F3N2O2. The Morgan fingerprint density at radius 2 is 2.16 bits per heavy atom. The van der Waals surface area contributed by atoms with E-state index in [0.29, 0.717) is 19.8 Å². The standard InChI is InChI=1S/C12H13F3N2O2/c13-9-2-1-8(10(14)11(9)15)12(18)17-5-7-6-19-4-3-16-7/h1-2,7,16H,3-6H2,(H,17,18). The number of rotatable bonds is 3. The third-order valence-corrected chi connectivity index (χ3v) is 2.79. The van der Waals surface area contributed by atoms with Crippen molar-refractivity contribution in [3.05, 3.63) is 35.1 Å². The van der Waals surface area contributed by atoms with Crippen LogP contribution in [0.5, 0.6) is 0 Å². The Labute approximate surface area is 107 Å². The second kappa shape index (κ2) is 6.03. The van der Waals surface area contributed by atoms with E-state index in [1.54, 1.807) is 0 Å². The van der Waals surface area contributed by atoms with Gasteiger partial charge in [-0.3, -0.25) is 4.79 Å². The van der Waals surface area contributed by atoms with Crippen LogP contribution >= 0.6 is 0 Å². The molecule has 1 saturated heterocycles. The van der Waals surface area contributed by atoms with Crippen molar-refractivity contribution in [2.24, 2.45) is 0 Å². The Morgan fingerprint density at radius 1 is 1.37 bits per heavy atom. The highest BCUT2D eigenvalue weighted by Gasteiger charge is 2.20. The van der Waals surface area contributed by atoms with E-state index in [-0.39, 0.29) is 12.6 Å². The van der Waals surface area contributed by atoms with Gasteiger partial charge in [0.25, 0.3) is 5.91 Å². The van der Waals surface area contributed by atoms with Gasteiger partial charge in [-0.2, -0.15) is 0 Å². The van der Waals surface area contributed by atoms with Gasteiger partial charge in [0.2, 0.25) is 0 Å². The number of hydrogen-bond acceptors (Lipinski definition) is 3. The zero-order valence-electron chi connectivity index (χ0n) is 10.0. The minimum atomic E-state index is -1.65. The SMILES string of the molecule is O=C(NCC1COCCN1)c1ccc(F)c(F)c1F. The summed E-state index contributed by atoms with van der Waals surface area (Å²) in [5, 5.41) is 5.54. The third kappa shape index (κ3) is 3.24. The van der Waals surface area contributed by atoms with Crippen LogP contribution in [-0.2, 0) is 4.74 Å². The van der Waals surface area contributed by atoms with E-state index in [1.807, 2.05) is 0 Å². The summed E-state index contributed by atoms with van der Waals surface area (Å²) in [5.74, 6) is -5.24. The molecule has 1 atom stereocenters. The summed E-state index contributed by atoms with van der Waals surface area (Å²) in [5.41, 5.74) is -0.518. The zero-order chi connectivity index (χ0) is 13.8. The van der Waals surface area contributed by atoms with Crippen LogP contribution in [0, 0.1) is 17.5 Å². The molecule has 1 heterocycles. The fourth-order valence-corrected chi connectivity index (χ4v) is 1.76. The highest BCUT2D eigenvalue weighted by Crippen LogP contribution is 2.14. The molecule has 19 heavy (non-hydrogen) atoms. The molecule has 4 nitrogen and oxygen atoms in total. The molecule has 1 aliphatic rings. The molecule has 2 rings (SSSR count). The summed E-state index contributed by atoms with van der Waals surface area (Å²) in [6.45, 7) is 1.92. The van der Waals surface area contributed by atoms with Crippen LogP contribution in [0.25, 0.3) is 0 Å². The van der Waals surface area contributed by atoms with Crippen LogP contribution in [0.3, 0.4) is 0 Å². The molecule has 1 amide bonds. The smallest absolute Gasteiger partial charge is 0.254 e. The van der Waals surface area contributed by atoms with Crippen molar-refractivity contribution in [1.29, 1.82) is 0 Å². The predicted octanol–water partition coefficient (Wildman–Crippen LogP) is 0.822. The maximum absolute atomic E-state index is 13.4. The first-order valence-corrected chi connectivity index (χ1v) is 5.82. The van der Waals surface area contributed by atoms with E-state index < -0.39 is 28.9 Å². The number of morpholine rings is 1. The van der Waals surface area contributed by atoms with Crippen molar-refractivity contribution in [2.45, 2.75) is 6.04 Å². The molecule has 1 aromatic rings. The number of nitrogens with one attached hydrogen (secondary N) is 2. The topological polar surface area (TPSA) is 50.4 Å². The molecule has 0 aromatic heterocycles. The Hall–Kier alpha value is -1.60. The van der Waals surface area contributed by atoms with E-state index in [9.17, 15) is 18.0 Å². The maximum Gasteiger partial charge on any atom is 0.254 e. The Balaban J connectivity index is 1.98. The van der Waals surface area contributed by atoms with Gasteiger partial charge in [-0.05, 0) is 12.1 Å². The lowest BCUT2D eigenvalue weighted by molar-refractivity contribution is 0.0733. The van der Waals surface area contributed by atoms with E-state index in [4.69, 9.17) is 4.74 Å². The maximum atomic E-state index is 13.4. The lowest BCUT2D eigenvalue weighted by Crippen LogP contribution is -2.48. The van der Waals surface area contributed by atoms with Crippen molar-refractivity contribution >= 4 is 5.91 Å². The van der Waals surface area contributed by atoms with Crippen molar-refractivity contribution in [3.63, 3.8) is 0 Å². The number of carbonyl (C=O) groups excluding carboxylic acids is 1. The Bertz CT molecular complexity index is 476. The molecule has 0 saturated carbocycles. The first-order valence-electron chi connectivity index (χ1n) is 5.82. The molecule has 1 aliphatic heterocycles. The number of hydrogen-bond donors (Lipinski definition) is 2. The number of halogens is 3. The second-order valence-electron chi connectivity index (χ2n) is 4.16. The molecule has 1 aromatic carbocycles. The van der Waals surface area contributed by atoms with Gasteiger partial charge in [-0.15, -0.1) is 0 Å². The van der Waals surface area contributed by atoms with Crippen LogP contribution < -0.4 is 10.6 Å². The average Bonchev–Trinajstić information content (AvgIpc) is 2.43. The molecule has 104 valence electrons. The van der Waals surface area contributed by atoms with Gasteiger partial charge in [0.05, 0.1) is 18.8 Å². The van der Waals surface area contributed by atoms with Crippen molar-refractivity contribution < 1.29 is 22.7 Å². The Morgan fingerprint density at radius 3 is 2.84 bits per heavy atom. The predicted molar refractivity (Wildman–Crippen MR) is 61.3 cm³/mol. The van der Waals surface area contributed by atoms with Crippen LogP contribution in [0.15, 0.2) is 12.1 Å². The summed E-state index contributed by atoms with van der Waals surface area (Å²) in [7, 11) is 0. The first-order chi connectivity index (χ1) is 9.09. The van der Waals surface area contributed by atoms with Crippen molar-refractivity contribution in [3.8, 4) is 0 Å². The molecule has 1 unspecified atom stereocenters. The summed E-state index contributed by atoms with van der Waals surface area (Å²) in [6.07, 6.45) is 0. The van der Waals surface area contributed by atoms with Crippen LogP contribution in [0.1, 0.15) is 10.4 Å². The van der Waals surface area contributed by atoms with Crippen LogP contribution in [-0.4, -0.2) is 38.3 Å². The fourth-order valence-electron chi connectivity index (χ4n) is 1.76. The number of benzene rings is 1. The minimum Gasteiger partial charge on any atom is -0.378 e. The third-order valence-electron chi connectivity index (χ3n) is 2.79. The number of amides is 1. The van der Waals surface area contributed by atoms with Crippen molar-refractivity contribution in [1.82, 2.24) is 10.6 Å². The fraction of sp³-hybridized carbons (Fsp3) is 0.417. The largest absolute Gasteiger partial charge is 0.378 e. The van der Waals surface area contributed by atoms with Gasteiger partial charge in [-0.1, -0.05) is 0 Å². The number of carbonyl (C=O) groups is 1. The van der Waals surface area contributed by atoms with Gasteiger partial charge in [0.15, 0.2) is 17.5 Å². The Kier molecular flexibility index (Phi) is 4.39. The summed E-state index contributed by atoms with van der Waals surface area (Å²) in [6, 6.07) is 1.55. The van der Waals surface area contributed by atoms with E-state index in [1.165, 1.54) is 0 Å². The highest BCUT2D eigenvalue weighted by atomic mass is 19.2. The second-order valence-corrected chi connectivity index (χ2v) is 4.16. The first kappa shape index (κ1) is 13.8. The molecule has 2 N–H and O–H groups in total. The summed E-state index contributed by atoms with van der Waals surface area (Å²) < 4.78 is 44.3. The number of ether oxygens (including phenoxy) is 1. The molecule has 1 fully saturated rings. The normalized spacial score (nSPS) is 19.2. The summed E-state index contributed by atoms with van der Waals surface area (Å²) in [4.78, 5) is 11.7. The van der Waals surface area contributed by atoms with Crippen LogP contribution in [0.2, 0.25) is 0 Å². The minimum absolute atomic E-state index is 0.0777. The molecule has 0 spiro atoms. The zero-order valence-corrected chi connectivity index (χ0v) is 10.0. The van der Waals surface area contributed by atoms with Gasteiger partial charge in [0.1, 0.15) is 0 Å². The highest BCUT2D eigenvalue weighted by molar-refractivity contribution is 5.94. The molecule has 0 radical (unpaired) electrons. The monoisotopic (exact) mass is 274 g/mol. The lowest BCUT2D eigenvalue weighted by atomic mass is 10.1. The van der Waals surface area contributed by atoms with E-state index in [2.05, 4.69) is 10.6 Å². The molecule has 0 aliphatic carbocycles. The average molecular weight is 274 g/mol. The molecular weight excluding hydrogens is 261 g/mol. The van der Waals surface area contributed by atoms with Gasteiger partial charge in [-0.25, -0.2) is 13.2 Å². The van der Waals surface area contributed by atoms with Crippen molar-refractivity contribution in [2.75, 3.05) is 26.3 Å². The van der Waals surface area contributed by atoms with Gasteiger partial charge in [0, 0.05) is 19.1 Å². The van der Waals surface area contributed by atoms with E-state index >= 15 is 0 Å². The van der Waals surface area contributed by atoms with E-state index in [0.717, 1.165) is 12.1 Å². The van der Waals surface area contributed by atoms with Gasteiger partial charge >= 0.3 is 0 Å².